The second-order valence-electron chi connectivity index (χ2n) is 6.33. The van der Waals surface area contributed by atoms with Crippen LogP contribution in [0.5, 0.6) is 5.75 Å². The van der Waals surface area contributed by atoms with Crippen molar-refractivity contribution in [1.29, 1.82) is 0 Å². The zero-order valence-electron chi connectivity index (χ0n) is 15.2. The molecule has 2 aromatic rings. The van der Waals surface area contributed by atoms with Gasteiger partial charge in [0.05, 0.1) is 30.4 Å². The van der Waals surface area contributed by atoms with Gasteiger partial charge in [0.15, 0.2) is 5.82 Å². The second kappa shape index (κ2) is 9.12. The molecule has 1 aromatic heterocycles. The van der Waals surface area contributed by atoms with Crippen molar-refractivity contribution in [1.82, 2.24) is 14.9 Å². The van der Waals surface area contributed by atoms with Crippen molar-refractivity contribution in [2.75, 3.05) is 44.0 Å². The molecule has 9 heteroatoms. The minimum Gasteiger partial charge on any atom is -0.489 e. The minimum absolute atomic E-state index is 0.00286. The number of anilines is 2. The van der Waals surface area contributed by atoms with E-state index in [0.717, 1.165) is 23.3 Å². The molecule has 1 fully saturated rings. The molecule has 2 N–H and O–H groups in total. The first kappa shape index (κ1) is 19.5. The summed E-state index contributed by atoms with van der Waals surface area (Å²) in [5.41, 5.74) is 1.32. The molecular weight excluding hydrogens is 414 g/mol. The molecule has 0 unspecified atom stereocenters. The Balaban J connectivity index is 1.62. The molecule has 2 heterocycles. The molecule has 0 saturated carbocycles. The lowest BCUT2D eigenvalue weighted by atomic mass is 10.2. The van der Waals surface area contributed by atoms with Crippen LogP contribution >= 0.6 is 15.9 Å². The van der Waals surface area contributed by atoms with Crippen LogP contribution in [-0.4, -0.2) is 60.4 Å². The maximum Gasteiger partial charge on any atom is 0.325 e. The first-order valence-electron chi connectivity index (χ1n) is 8.59. The van der Waals surface area contributed by atoms with E-state index in [1.165, 1.54) is 6.20 Å². The Morgan fingerprint density at radius 1 is 1.37 bits per heavy atom. The minimum atomic E-state index is -0.426. The lowest BCUT2D eigenvalue weighted by Gasteiger charge is -2.30. The Bertz CT molecular complexity index is 787. The van der Waals surface area contributed by atoms with Gasteiger partial charge in [-0.2, -0.15) is 0 Å². The number of likely N-dealkylation sites (N-methyl/N-ethyl adjacent to an activating group) is 1. The number of benzene rings is 1. The zero-order valence-corrected chi connectivity index (χ0v) is 16.8. The normalized spacial score (nSPS) is 17.4. The molecular formula is C18H22BrN5O3. The van der Waals surface area contributed by atoms with Crippen LogP contribution < -0.4 is 15.4 Å². The van der Waals surface area contributed by atoms with Crippen LogP contribution in [0.1, 0.15) is 5.69 Å². The van der Waals surface area contributed by atoms with E-state index in [-0.39, 0.29) is 6.10 Å². The SMILES string of the molecule is Cc1cnc(NC(=O)Nc2cc(Br)ccc2OC[C@@H]2CN(C)CCO2)cn1. The number of hydrogen-bond donors (Lipinski definition) is 2. The van der Waals surface area contributed by atoms with E-state index in [9.17, 15) is 4.79 Å². The number of nitrogens with one attached hydrogen (secondary N) is 2. The molecule has 1 aliphatic rings. The summed E-state index contributed by atoms with van der Waals surface area (Å²) >= 11 is 3.42. The smallest absolute Gasteiger partial charge is 0.325 e. The summed E-state index contributed by atoms with van der Waals surface area (Å²) in [6.45, 7) is 4.66. The summed E-state index contributed by atoms with van der Waals surface area (Å²) in [6, 6.07) is 5.02. The number of ether oxygens (including phenoxy) is 2. The van der Waals surface area contributed by atoms with E-state index in [2.05, 4.69) is 48.5 Å². The zero-order chi connectivity index (χ0) is 19.2. The van der Waals surface area contributed by atoms with E-state index >= 15 is 0 Å². The highest BCUT2D eigenvalue weighted by Crippen LogP contribution is 2.29. The van der Waals surface area contributed by atoms with Gasteiger partial charge in [0.1, 0.15) is 18.5 Å². The summed E-state index contributed by atoms with van der Waals surface area (Å²) in [4.78, 5) is 22.7. The molecule has 1 aliphatic heterocycles. The number of aromatic nitrogens is 2. The monoisotopic (exact) mass is 435 g/mol. The molecule has 1 aromatic carbocycles. The fourth-order valence-electron chi connectivity index (χ4n) is 2.60. The number of morpholine rings is 1. The highest BCUT2D eigenvalue weighted by Gasteiger charge is 2.19. The summed E-state index contributed by atoms with van der Waals surface area (Å²) in [6.07, 6.45) is 3.09. The molecule has 1 atom stereocenters. The van der Waals surface area contributed by atoms with Crippen molar-refractivity contribution < 1.29 is 14.3 Å². The van der Waals surface area contributed by atoms with Crippen molar-refractivity contribution in [3.05, 3.63) is 40.8 Å². The van der Waals surface area contributed by atoms with Crippen LogP contribution in [0.2, 0.25) is 0 Å². The van der Waals surface area contributed by atoms with Gasteiger partial charge in [0.25, 0.3) is 0 Å². The highest BCUT2D eigenvalue weighted by atomic mass is 79.9. The van der Waals surface area contributed by atoms with Crippen LogP contribution in [-0.2, 0) is 4.74 Å². The maximum atomic E-state index is 12.3. The Kier molecular flexibility index (Phi) is 6.59. The highest BCUT2D eigenvalue weighted by molar-refractivity contribution is 9.10. The number of carbonyl (C=O) groups is 1. The van der Waals surface area contributed by atoms with Crippen LogP contribution in [0.25, 0.3) is 0 Å². The number of nitrogens with zero attached hydrogens (tertiary/aromatic N) is 3. The van der Waals surface area contributed by atoms with Crippen LogP contribution in [0.3, 0.4) is 0 Å². The van der Waals surface area contributed by atoms with Crippen molar-refractivity contribution in [3.63, 3.8) is 0 Å². The van der Waals surface area contributed by atoms with Gasteiger partial charge in [-0.3, -0.25) is 10.3 Å². The number of hydrogen-bond acceptors (Lipinski definition) is 6. The maximum absolute atomic E-state index is 12.3. The molecule has 1 saturated heterocycles. The molecule has 0 aliphatic carbocycles. The number of aryl methyl sites for hydroxylation is 1. The number of rotatable bonds is 5. The van der Waals surface area contributed by atoms with Gasteiger partial charge < -0.3 is 19.7 Å². The molecule has 2 amide bonds. The Hall–Kier alpha value is -2.23. The number of halogens is 1. The average molecular weight is 436 g/mol. The van der Waals surface area contributed by atoms with Gasteiger partial charge >= 0.3 is 6.03 Å². The summed E-state index contributed by atoms with van der Waals surface area (Å²) < 4.78 is 12.4. The van der Waals surface area contributed by atoms with Crippen LogP contribution in [0.4, 0.5) is 16.3 Å². The van der Waals surface area contributed by atoms with Gasteiger partial charge in [-0.05, 0) is 32.2 Å². The molecule has 27 heavy (non-hydrogen) atoms. The lowest BCUT2D eigenvalue weighted by molar-refractivity contribution is -0.0402. The predicted octanol–water partition coefficient (Wildman–Crippen LogP) is 2.90. The Morgan fingerprint density at radius 2 is 2.22 bits per heavy atom. The van der Waals surface area contributed by atoms with Crippen molar-refractivity contribution in [2.24, 2.45) is 0 Å². The van der Waals surface area contributed by atoms with Gasteiger partial charge in [-0.1, -0.05) is 15.9 Å². The molecule has 8 nitrogen and oxygen atoms in total. The van der Waals surface area contributed by atoms with Crippen LogP contribution in [0.15, 0.2) is 35.1 Å². The second-order valence-corrected chi connectivity index (χ2v) is 7.24. The number of urea groups is 1. The fraction of sp³-hybridized carbons (Fsp3) is 0.389. The third-order valence-corrected chi connectivity index (χ3v) is 4.47. The van der Waals surface area contributed by atoms with Crippen molar-refractivity contribution >= 4 is 33.5 Å². The first-order valence-corrected chi connectivity index (χ1v) is 9.38. The van der Waals surface area contributed by atoms with Gasteiger partial charge in [-0.25, -0.2) is 9.78 Å². The predicted molar refractivity (Wildman–Crippen MR) is 106 cm³/mol. The summed E-state index contributed by atoms with van der Waals surface area (Å²) in [5, 5.41) is 5.44. The average Bonchev–Trinajstić information content (AvgIpc) is 2.63. The van der Waals surface area contributed by atoms with E-state index in [1.807, 2.05) is 13.0 Å². The fourth-order valence-corrected chi connectivity index (χ4v) is 2.96. The van der Waals surface area contributed by atoms with E-state index in [4.69, 9.17) is 9.47 Å². The largest absolute Gasteiger partial charge is 0.489 e. The topological polar surface area (TPSA) is 88.6 Å². The van der Waals surface area contributed by atoms with Gasteiger partial charge in [0, 0.05) is 17.6 Å². The first-order chi connectivity index (χ1) is 13.0. The standard InChI is InChI=1S/C18H22BrN5O3/c1-12-8-21-17(9-20-12)23-18(25)22-15-7-13(19)3-4-16(15)27-11-14-10-24(2)5-6-26-14/h3-4,7-9,14H,5-6,10-11H2,1-2H3,(H2,21,22,23,25)/t14-/m0/s1. The Labute approximate surface area is 166 Å². The number of amides is 2. The number of carbonyl (C=O) groups excluding carboxylic acids is 1. The summed E-state index contributed by atoms with van der Waals surface area (Å²) in [7, 11) is 2.06. The van der Waals surface area contributed by atoms with Crippen molar-refractivity contribution in [3.8, 4) is 5.75 Å². The van der Waals surface area contributed by atoms with E-state index in [0.29, 0.717) is 30.5 Å². The van der Waals surface area contributed by atoms with Gasteiger partial charge in [0.2, 0.25) is 0 Å². The molecule has 0 bridgehead atoms. The summed E-state index contributed by atoms with van der Waals surface area (Å²) in [5.74, 6) is 0.939. The third kappa shape index (κ3) is 5.88. The molecule has 0 radical (unpaired) electrons. The lowest BCUT2D eigenvalue weighted by Crippen LogP contribution is -2.42. The van der Waals surface area contributed by atoms with E-state index < -0.39 is 6.03 Å². The molecule has 144 valence electrons. The van der Waals surface area contributed by atoms with E-state index in [1.54, 1.807) is 18.3 Å². The van der Waals surface area contributed by atoms with Crippen LogP contribution in [0, 0.1) is 6.92 Å². The van der Waals surface area contributed by atoms with Gasteiger partial charge in [-0.15, -0.1) is 0 Å². The van der Waals surface area contributed by atoms with Crippen molar-refractivity contribution in [2.45, 2.75) is 13.0 Å². The third-order valence-electron chi connectivity index (χ3n) is 3.98. The molecule has 3 rings (SSSR count). The molecule has 0 spiro atoms. The quantitative estimate of drug-likeness (QED) is 0.750. The Morgan fingerprint density at radius 3 is 2.96 bits per heavy atom.